The van der Waals surface area contributed by atoms with Gasteiger partial charge < -0.3 is 19.4 Å². The molecule has 0 spiro atoms. The smallest absolute Gasteiger partial charge is 0.165 e. The van der Waals surface area contributed by atoms with Gasteiger partial charge in [-0.2, -0.15) is 0 Å². The Bertz CT molecular complexity index is 444. The molecule has 0 amide bonds. The molecule has 0 fully saturated rings. The lowest BCUT2D eigenvalue weighted by molar-refractivity contribution is 0.410. The van der Waals surface area contributed by atoms with Gasteiger partial charge in [0.05, 0.1) is 7.11 Å². The van der Waals surface area contributed by atoms with Gasteiger partial charge in [-0.15, -0.1) is 0 Å². The molecule has 68 valence electrons. The molecule has 0 bridgehead atoms. The maximum absolute atomic E-state index is 9.36. The van der Waals surface area contributed by atoms with E-state index in [0.717, 1.165) is 0 Å². The largest absolute Gasteiger partial charge is 0.508 e. The van der Waals surface area contributed by atoms with Crippen molar-refractivity contribution < 1.29 is 19.4 Å². The summed E-state index contributed by atoms with van der Waals surface area (Å²) in [4.78, 5) is 0. The van der Waals surface area contributed by atoms with Gasteiger partial charge in [-0.25, -0.2) is 0 Å². The molecular weight excluding hydrogens is 172 g/mol. The predicted octanol–water partition coefficient (Wildman–Crippen LogP) is 1.85. The first-order chi connectivity index (χ1) is 6.22. The fourth-order valence-corrected chi connectivity index (χ4v) is 1.26. The molecule has 2 N–H and O–H groups in total. The van der Waals surface area contributed by atoms with Crippen LogP contribution in [0.3, 0.4) is 0 Å². The average molecular weight is 180 g/mol. The summed E-state index contributed by atoms with van der Waals surface area (Å²) < 4.78 is 9.95. The SMILES string of the molecule is COc1cc(O)cc2occ(O)c12. The van der Waals surface area contributed by atoms with Crippen LogP contribution < -0.4 is 4.74 Å². The van der Waals surface area contributed by atoms with Crippen molar-refractivity contribution in [3.63, 3.8) is 0 Å². The Hall–Kier alpha value is -1.84. The maximum atomic E-state index is 9.36. The van der Waals surface area contributed by atoms with Crippen LogP contribution in [0.15, 0.2) is 22.8 Å². The van der Waals surface area contributed by atoms with Crippen molar-refractivity contribution in [3.05, 3.63) is 18.4 Å². The van der Waals surface area contributed by atoms with Gasteiger partial charge in [0.25, 0.3) is 0 Å². The summed E-state index contributed by atoms with van der Waals surface area (Å²) in [6.07, 6.45) is 1.20. The van der Waals surface area contributed by atoms with Crippen molar-refractivity contribution in [2.24, 2.45) is 0 Å². The van der Waals surface area contributed by atoms with Crippen LogP contribution in [0.5, 0.6) is 17.2 Å². The predicted molar refractivity (Wildman–Crippen MR) is 46.1 cm³/mol. The Kier molecular flexibility index (Phi) is 1.55. The van der Waals surface area contributed by atoms with Crippen LogP contribution in [0.1, 0.15) is 0 Å². The molecule has 2 rings (SSSR count). The molecule has 0 atom stereocenters. The second-order valence-corrected chi connectivity index (χ2v) is 2.64. The molecule has 0 unspecified atom stereocenters. The Morgan fingerprint density at radius 1 is 1.31 bits per heavy atom. The van der Waals surface area contributed by atoms with E-state index < -0.39 is 0 Å². The van der Waals surface area contributed by atoms with E-state index in [1.807, 2.05) is 0 Å². The molecule has 0 saturated heterocycles. The summed E-state index contributed by atoms with van der Waals surface area (Å²) in [5, 5.41) is 19.1. The minimum absolute atomic E-state index is 0.00634. The number of methoxy groups -OCH3 is 1. The van der Waals surface area contributed by atoms with E-state index in [1.54, 1.807) is 0 Å². The third-order valence-corrected chi connectivity index (χ3v) is 1.82. The molecular formula is C9H8O4. The first kappa shape index (κ1) is 7.79. The van der Waals surface area contributed by atoms with E-state index in [-0.39, 0.29) is 11.5 Å². The molecule has 0 radical (unpaired) electrons. The first-order valence-electron chi connectivity index (χ1n) is 3.69. The fraction of sp³-hybridized carbons (Fsp3) is 0.111. The lowest BCUT2D eigenvalue weighted by atomic mass is 10.2. The van der Waals surface area contributed by atoms with Crippen LogP contribution in [-0.4, -0.2) is 17.3 Å². The van der Waals surface area contributed by atoms with Crippen LogP contribution in [0, 0.1) is 0 Å². The molecule has 0 aliphatic carbocycles. The Morgan fingerprint density at radius 2 is 2.08 bits per heavy atom. The van der Waals surface area contributed by atoms with Gasteiger partial charge in [-0.3, -0.25) is 0 Å². The number of aromatic hydroxyl groups is 2. The molecule has 1 heterocycles. The zero-order chi connectivity index (χ0) is 9.42. The lowest BCUT2D eigenvalue weighted by Crippen LogP contribution is -1.82. The number of benzene rings is 1. The molecule has 2 aromatic rings. The van der Waals surface area contributed by atoms with E-state index in [4.69, 9.17) is 9.15 Å². The minimum atomic E-state index is 0.00634. The number of fused-ring (bicyclic) bond motifs is 1. The molecule has 0 saturated carbocycles. The standard InChI is InChI=1S/C9H8O4/c1-12-7-2-5(10)3-8-9(7)6(11)4-13-8/h2-4,10-11H,1H3. The summed E-state index contributed by atoms with van der Waals surface area (Å²) in [6, 6.07) is 2.83. The van der Waals surface area contributed by atoms with Crippen molar-refractivity contribution in [2.45, 2.75) is 0 Å². The summed E-state index contributed by atoms with van der Waals surface area (Å²) in [5.41, 5.74) is 0.398. The van der Waals surface area contributed by atoms with Crippen molar-refractivity contribution in [1.82, 2.24) is 0 Å². The fourth-order valence-electron chi connectivity index (χ4n) is 1.26. The molecule has 0 aliphatic rings. The van der Waals surface area contributed by atoms with Gasteiger partial charge in [0.1, 0.15) is 28.7 Å². The highest BCUT2D eigenvalue weighted by Gasteiger charge is 2.11. The highest BCUT2D eigenvalue weighted by molar-refractivity contribution is 5.91. The second kappa shape index (κ2) is 2.58. The zero-order valence-electron chi connectivity index (χ0n) is 6.94. The maximum Gasteiger partial charge on any atom is 0.165 e. The summed E-state index contributed by atoms with van der Waals surface area (Å²) in [6.45, 7) is 0. The highest BCUT2D eigenvalue weighted by atomic mass is 16.5. The lowest BCUT2D eigenvalue weighted by Gasteiger charge is -2.01. The van der Waals surface area contributed by atoms with E-state index >= 15 is 0 Å². The van der Waals surface area contributed by atoms with Gasteiger partial charge in [-0.1, -0.05) is 0 Å². The Labute approximate surface area is 74.0 Å². The molecule has 4 heteroatoms. The first-order valence-corrected chi connectivity index (χ1v) is 3.69. The molecule has 1 aromatic heterocycles. The van der Waals surface area contributed by atoms with Crippen LogP contribution >= 0.6 is 0 Å². The highest BCUT2D eigenvalue weighted by Crippen LogP contribution is 2.37. The second-order valence-electron chi connectivity index (χ2n) is 2.64. The molecule has 1 aromatic carbocycles. The van der Waals surface area contributed by atoms with Gasteiger partial charge in [0, 0.05) is 12.1 Å². The quantitative estimate of drug-likeness (QED) is 0.703. The summed E-state index contributed by atoms with van der Waals surface area (Å²) in [5.74, 6) is 0.437. The molecule has 13 heavy (non-hydrogen) atoms. The normalized spacial score (nSPS) is 10.5. The van der Waals surface area contributed by atoms with Crippen molar-refractivity contribution in [2.75, 3.05) is 7.11 Å². The number of ether oxygens (including phenoxy) is 1. The van der Waals surface area contributed by atoms with Crippen LogP contribution in [0.2, 0.25) is 0 Å². The zero-order valence-corrected chi connectivity index (χ0v) is 6.94. The third-order valence-electron chi connectivity index (χ3n) is 1.82. The van der Waals surface area contributed by atoms with E-state index in [0.29, 0.717) is 16.7 Å². The van der Waals surface area contributed by atoms with Crippen molar-refractivity contribution in [1.29, 1.82) is 0 Å². The molecule has 4 nitrogen and oxygen atoms in total. The van der Waals surface area contributed by atoms with E-state index in [1.165, 1.54) is 25.5 Å². The molecule has 0 aliphatic heterocycles. The number of phenols is 1. The summed E-state index contributed by atoms with van der Waals surface area (Å²) >= 11 is 0. The van der Waals surface area contributed by atoms with Gasteiger partial charge in [0.2, 0.25) is 0 Å². The van der Waals surface area contributed by atoms with Crippen molar-refractivity contribution >= 4 is 11.0 Å². The number of rotatable bonds is 1. The van der Waals surface area contributed by atoms with E-state index in [9.17, 15) is 10.2 Å². The minimum Gasteiger partial charge on any atom is -0.508 e. The topological polar surface area (TPSA) is 62.8 Å². The van der Waals surface area contributed by atoms with Crippen LogP contribution in [0.4, 0.5) is 0 Å². The number of hydrogen-bond donors (Lipinski definition) is 2. The monoisotopic (exact) mass is 180 g/mol. The Morgan fingerprint density at radius 3 is 2.77 bits per heavy atom. The van der Waals surface area contributed by atoms with E-state index in [2.05, 4.69) is 0 Å². The van der Waals surface area contributed by atoms with Crippen LogP contribution in [0.25, 0.3) is 11.0 Å². The number of phenolic OH excluding ortho intramolecular Hbond substituents is 1. The van der Waals surface area contributed by atoms with Crippen LogP contribution in [-0.2, 0) is 0 Å². The average Bonchev–Trinajstić information content (AvgIpc) is 2.46. The van der Waals surface area contributed by atoms with Gasteiger partial charge >= 0.3 is 0 Å². The van der Waals surface area contributed by atoms with Gasteiger partial charge in [-0.05, 0) is 0 Å². The Balaban J connectivity index is 2.85. The number of hydrogen-bond acceptors (Lipinski definition) is 4. The van der Waals surface area contributed by atoms with Gasteiger partial charge in [0.15, 0.2) is 5.75 Å². The third kappa shape index (κ3) is 1.07. The summed E-state index contributed by atoms with van der Waals surface area (Å²) in [7, 11) is 1.46. The number of furan rings is 1. The van der Waals surface area contributed by atoms with Crippen molar-refractivity contribution in [3.8, 4) is 17.2 Å².